The standard InChI is InChI=1S/C17H20N2O6S2/c1-12(2)17(20)18-19-26(21,22)15-10-6-14(7-11-15)25-27(23,24)16-8-4-13(3)5-9-16/h4-12,19H,1-3H3,(H,18,20). The molecule has 0 aliphatic heterocycles. The molecule has 0 atom stereocenters. The lowest BCUT2D eigenvalue weighted by atomic mass is 10.2. The molecule has 0 saturated heterocycles. The van der Waals surface area contributed by atoms with E-state index in [9.17, 15) is 21.6 Å². The second kappa shape index (κ2) is 8.07. The lowest BCUT2D eigenvalue weighted by molar-refractivity contribution is -0.124. The maximum atomic E-state index is 12.2. The average molecular weight is 412 g/mol. The number of benzene rings is 2. The fourth-order valence-corrected chi connectivity index (χ4v) is 3.65. The molecule has 146 valence electrons. The molecule has 0 aromatic heterocycles. The first-order valence-corrected chi connectivity index (χ1v) is 10.8. The predicted octanol–water partition coefficient (Wildman–Crippen LogP) is 1.73. The number of hydrazine groups is 1. The molecule has 2 rings (SSSR count). The minimum absolute atomic E-state index is 0.0112. The largest absolute Gasteiger partial charge is 0.379 e. The Kier molecular flexibility index (Phi) is 6.24. The van der Waals surface area contributed by atoms with E-state index in [1.54, 1.807) is 26.0 Å². The second-order valence-electron chi connectivity index (χ2n) is 6.07. The Morgan fingerprint density at radius 3 is 1.93 bits per heavy atom. The minimum Gasteiger partial charge on any atom is -0.379 e. The van der Waals surface area contributed by atoms with Crippen LogP contribution in [0, 0.1) is 12.8 Å². The molecule has 0 fully saturated rings. The summed E-state index contributed by atoms with van der Waals surface area (Å²) >= 11 is 0. The van der Waals surface area contributed by atoms with Gasteiger partial charge in [0.2, 0.25) is 5.91 Å². The normalized spacial score (nSPS) is 12.0. The van der Waals surface area contributed by atoms with Crippen LogP contribution < -0.4 is 14.4 Å². The third-order valence-corrected chi connectivity index (χ3v) is 6.01. The van der Waals surface area contributed by atoms with Crippen molar-refractivity contribution in [1.29, 1.82) is 0 Å². The van der Waals surface area contributed by atoms with Gasteiger partial charge in [-0.2, -0.15) is 8.42 Å². The average Bonchev–Trinajstić information content (AvgIpc) is 2.60. The van der Waals surface area contributed by atoms with Gasteiger partial charge in [-0.25, -0.2) is 8.42 Å². The fraction of sp³-hybridized carbons (Fsp3) is 0.235. The van der Waals surface area contributed by atoms with Gasteiger partial charge in [-0.1, -0.05) is 31.5 Å². The molecule has 0 heterocycles. The van der Waals surface area contributed by atoms with Gasteiger partial charge in [-0.05, 0) is 43.3 Å². The van der Waals surface area contributed by atoms with Crippen LogP contribution in [0.1, 0.15) is 19.4 Å². The van der Waals surface area contributed by atoms with Gasteiger partial charge in [0.25, 0.3) is 10.0 Å². The number of carbonyl (C=O) groups excluding carboxylic acids is 1. The smallest absolute Gasteiger partial charge is 0.339 e. The summed E-state index contributed by atoms with van der Waals surface area (Å²) in [6.45, 7) is 5.06. The van der Waals surface area contributed by atoms with Crippen LogP contribution in [0.4, 0.5) is 0 Å². The number of carbonyl (C=O) groups is 1. The van der Waals surface area contributed by atoms with Crippen LogP contribution in [0.15, 0.2) is 58.3 Å². The summed E-state index contributed by atoms with van der Waals surface area (Å²) in [4.78, 5) is 13.3. The van der Waals surface area contributed by atoms with Crippen LogP contribution in [0.5, 0.6) is 5.75 Å². The SMILES string of the molecule is Cc1ccc(S(=O)(=O)Oc2ccc(S(=O)(=O)NNC(=O)C(C)C)cc2)cc1. The van der Waals surface area contributed by atoms with E-state index in [0.717, 1.165) is 5.56 Å². The summed E-state index contributed by atoms with van der Waals surface area (Å²) in [6.07, 6.45) is 0. The first-order chi connectivity index (χ1) is 12.5. The van der Waals surface area contributed by atoms with Gasteiger partial charge >= 0.3 is 10.1 Å². The summed E-state index contributed by atoms with van der Waals surface area (Å²) in [5.41, 5.74) is 3.00. The quantitative estimate of drug-likeness (QED) is 0.528. The third-order valence-electron chi connectivity index (χ3n) is 3.48. The van der Waals surface area contributed by atoms with E-state index in [-0.39, 0.29) is 15.5 Å². The highest BCUT2D eigenvalue weighted by atomic mass is 32.2. The van der Waals surface area contributed by atoms with E-state index >= 15 is 0 Å². The molecule has 0 aliphatic carbocycles. The van der Waals surface area contributed by atoms with Crippen molar-refractivity contribution in [3.05, 3.63) is 54.1 Å². The zero-order valence-electron chi connectivity index (χ0n) is 15.0. The van der Waals surface area contributed by atoms with Gasteiger partial charge < -0.3 is 4.18 Å². The Balaban J connectivity index is 2.12. The number of nitrogens with one attached hydrogen (secondary N) is 2. The second-order valence-corrected chi connectivity index (χ2v) is 9.30. The number of hydrogen-bond donors (Lipinski definition) is 2. The van der Waals surface area contributed by atoms with Crippen molar-refractivity contribution < 1.29 is 25.8 Å². The molecule has 0 unspecified atom stereocenters. The Bertz CT molecular complexity index is 1010. The molecule has 0 saturated carbocycles. The van der Waals surface area contributed by atoms with Crippen molar-refractivity contribution in [2.45, 2.75) is 30.6 Å². The maximum Gasteiger partial charge on any atom is 0.339 e. The number of sulfonamides is 1. The highest BCUT2D eigenvalue weighted by Gasteiger charge is 2.19. The van der Waals surface area contributed by atoms with Crippen LogP contribution in [0.2, 0.25) is 0 Å². The maximum absolute atomic E-state index is 12.2. The van der Waals surface area contributed by atoms with Gasteiger partial charge in [0, 0.05) is 5.92 Å². The molecule has 27 heavy (non-hydrogen) atoms. The molecular weight excluding hydrogens is 392 g/mol. The molecule has 2 aromatic rings. The van der Waals surface area contributed by atoms with Crippen molar-refractivity contribution in [2.24, 2.45) is 5.92 Å². The third kappa shape index (κ3) is 5.52. The van der Waals surface area contributed by atoms with Crippen LogP contribution in [0.25, 0.3) is 0 Å². The Morgan fingerprint density at radius 1 is 0.889 bits per heavy atom. The Labute approximate surface area is 158 Å². The lowest BCUT2D eigenvalue weighted by Gasteiger charge is -2.11. The van der Waals surface area contributed by atoms with E-state index in [4.69, 9.17) is 4.18 Å². The summed E-state index contributed by atoms with van der Waals surface area (Å²) < 4.78 is 53.7. The molecule has 0 bridgehead atoms. The zero-order chi connectivity index (χ0) is 20.2. The van der Waals surface area contributed by atoms with E-state index in [1.165, 1.54) is 36.4 Å². The van der Waals surface area contributed by atoms with Gasteiger partial charge in [0.15, 0.2) is 0 Å². The fourth-order valence-electron chi connectivity index (χ4n) is 1.87. The molecule has 10 heteroatoms. The molecule has 0 aliphatic rings. The van der Waals surface area contributed by atoms with Gasteiger partial charge in [-0.15, -0.1) is 4.83 Å². The van der Waals surface area contributed by atoms with Crippen molar-refractivity contribution in [3.63, 3.8) is 0 Å². The molecule has 1 amide bonds. The molecule has 0 spiro atoms. The summed E-state index contributed by atoms with van der Waals surface area (Å²) in [6, 6.07) is 10.9. The molecule has 8 nitrogen and oxygen atoms in total. The van der Waals surface area contributed by atoms with E-state index in [0.29, 0.717) is 0 Å². The summed E-state index contributed by atoms with van der Waals surface area (Å²) in [5, 5.41) is 0. The number of rotatable bonds is 7. The number of aryl methyl sites for hydroxylation is 1. The zero-order valence-corrected chi connectivity index (χ0v) is 16.6. The van der Waals surface area contributed by atoms with Crippen molar-refractivity contribution in [3.8, 4) is 5.75 Å². The first-order valence-electron chi connectivity index (χ1n) is 7.94. The monoisotopic (exact) mass is 412 g/mol. The van der Waals surface area contributed by atoms with E-state index in [1.807, 2.05) is 11.8 Å². The predicted molar refractivity (Wildman–Crippen MR) is 98.7 cm³/mol. The van der Waals surface area contributed by atoms with Gasteiger partial charge in [-0.3, -0.25) is 10.2 Å². The number of hydrogen-bond acceptors (Lipinski definition) is 6. The first kappa shape index (κ1) is 20.9. The van der Waals surface area contributed by atoms with Crippen LogP contribution in [0.3, 0.4) is 0 Å². The lowest BCUT2D eigenvalue weighted by Crippen LogP contribution is -2.43. The molecular formula is C17H20N2O6S2. The summed E-state index contributed by atoms with van der Waals surface area (Å²) in [5.74, 6) is -0.918. The van der Waals surface area contributed by atoms with Gasteiger partial charge in [0.1, 0.15) is 10.6 Å². The van der Waals surface area contributed by atoms with Crippen molar-refractivity contribution >= 4 is 26.0 Å². The van der Waals surface area contributed by atoms with E-state index in [2.05, 4.69) is 5.43 Å². The highest BCUT2D eigenvalue weighted by molar-refractivity contribution is 7.89. The van der Waals surface area contributed by atoms with Gasteiger partial charge in [0.05, 0.1) is 4.90 Å². The Hall–Kier alpha value is -2.43. The topological polar surface area (TPSA) is 119 Å². The van der Waals surface area contributed by atoms with Crippen molar-refractivity contribution in [2.75, 3.05) is 0 Å². The molecule has 2 N–H and O–H groups in total. The van der Waals surface area contributed by atoms with E-state index < -0.39 is 32.0 Å². The van der Waals surface area contributed by atoms with Crippen LogP contribution in [-0.4, -0.2) is 22.7 Å². The Morgan fingerprint density at radius 2 is 1.41 bits per heavy atom. The van der Waals surface area contributed by atoms with Crippen LogP contribution in [-0.2, 0) is 24.9 Å². The van der Waals surface area contributed by atoms with Crippen LogP contribution >= 0.6 is 0 Å². The highest BCUT2D eigenvalue weighted by Crippen LogP contribution is 2.21. The van der Waals surface area contributed by atoms with Crippen molar-refractivity contribution in [1.82, 2.24) is 10.3 Å². The molecule has 2 aromatic carbocycles. The summed E-state index contributed by atoms with van der Waals surface area (Å²) in [7, 11) is -8.02. The minimum atomic E-state index is -4.03. The number of amides is 1. The molecule has 0 radical (unpaired) electrons.